The summed E-state index contributed by atoms with van der Waals surface area (Å²) in [4.78, 5) is 7.49. The summed E-state index contributed by atoms with van der Waals surface area (Å²) in [6.45, 7) is 2.99. The van der Waals surface area contributed by atoms with Gasteiger partial charge in [0.05, 0.1) is 17.4 Å². The standard InChI is InChI=1S/C19H16BrN3/c1-13-2-9-19(15-4-6-16(20)7-5-15)23(13)11-14-3-8-17-18(10-14)22-12-21-17/h2-10,12H,11H2,1H3,(H,21,22). The fourth-order valence-corrected chi connectivity index (χ4v) is 3.17. The molecule has 0 atom stereocenters. The molecule has 0 bridgehead atoms. The number of H-pyrrole nitrogens is 1. The van der Waals surface area contributed by atoms with E-state index in [-0.39, 0.29) is 0 Å². The van der Waals surface area contributed by atoms with Crippen LogP contribution >= 0.6 is 15.9 Å². The van der Waals surface area contributed by atoms with Crippen molar-refractivity contribution < 1.29 is 0 Å². The van der Waals surface area contributed by atoms with Crippen molar-refractivity contribution in [2.45, 2.75) is 13.5 Å². The summed E-state index contributed by atoms with van der Waals surface area (Å²) in [5, 5.41) is 0. The second-order valence-corrected chi connectivity index (χ2v) is 6.62. The molecule has 4 rings (SSSR count). The molecule has 0 aliphatic rings. The highest BCUT2D eigenvalue weighted by Crippen LogP contribution is 2.25. The summed E-state index contributed by atoms with van der Waals surface area (Å²) < 4.78 is 3.44. The minimum Gasteiger partial charge on any atom is -0.345 e. The average Bonchev–Trinajstić information content (AvgIpc) is 3.16. The molecular weight excluding hydrogens is 350 g/mol. The van der Waals surface area contributed by atoms with Crippen molar-refractivity contribution in [2.24, 2.45) is 0 Å². The Morgan fingerprint density at radius 3 is 2.70 bits per heavy atom. The van der Waals surface area contributed by atoms with E-state index in [1.165, 1.54) is 22.5 Å². The van der Waals surface area contributed by atoms with Crippen LogP contribution < -0.4 is 0 Å². The lowest BCUT2D eigenvalue weighted by molar-refractivity contribution is 0.785. The van der Waals surface area contributed by atoms with Gasteiger partial charge in [0.25, 0.3) is 0 Å². The van der Waals surface area contributed by atoms with Gasteiger partial charge >= 0.3 is 0 Å². The third kappa shape index (κ3) is 2.70. The monoisotopic (exact) mass is 365 g/mol. The lowest BCUT2D eigenvalue weighted by atomic mass is 10.1. The van der Waals surface area contributed by atoms with Gasteiger partial charge in [-0.1, -0.05) is 34.1 Å². The molecule has 0 saturated heterocycles. The lowest BCUT2D eigenvalue weighted by Crippen LogP contribution is -2.03. The number of hydrogen-bond acceptors (Lipinski definition) is 1. The van der Waals surface area contributed by atoms with Crippen molar-refractivity contribution in [3.05, 3.63) is 76.7 Å². The van der Waals surface area contributed by atoms with Crippen LogP contribution in [-0.2, 0) is 6.54 Å². The Bertz CT molecular complexity index is 964. The molecule has 0 saturated carbocycles. The van der Waals surface area contributed by atoms with E-state index < -0.39 is 0 Å². The van der Waals surface area contributed by atoms with Crippen LogP contribution in [0, 0.1) is 6.92 Å². The van der Waals surface area contributed by atoms with E-state index in [0.717, 1.165) is 22.1 Å². The van der Waals surface area contributed by atoms with E-state index in [9.17, 15) is 0 Å². The molecule has 2 aromatic carbocycles. The summed E-state index contributed by atoms with van der Waals surface area (Å²) in [7, 11) is 0. The zero-order valence-electron chi connectivity index (χ0n) is 12.8. The number of aromatic nitrogens is 3. The summed E-state index contributed by atoms with van der Waals surface area (Å²) in [5.74, 6) is 0. The highest BCUT2D eigenvalue weighted by Gasteiger charge is 2.09. The smallest absolute Gasteiger partial charge is 0.0931 e. The van der Waals surface area contributed by atoms with Gasteiger partial charge in [-0.05, 0) is 54.4 Å². The Kier molecular flexibility index (Phi) is 3.54. The molecule has 0 fully saturated rings. The van der Waals surface area contributed by atoms with Gasteiger partial charge in [-0.3, -0.25) is 0 Å². The molecule has 3 nitrogen and oxygen atoms in total. The zero-order valence-corrected chi connectivity index (χ0v) is 14.3. The first kappa shape index (κ1) is 14.3. The summed E-state index contributed by atoms with van der Waals surface area (Å²) in [6.07, 6.45) is 1.74. The van der Waals surface area contributed by atoms with Crippen LogP contribution in [0.15, 0.2) is 65.4 Å². The fourth-order valence-electron chi connectivity index (χ4n) is 2.91. The topological polar surface area (TPSA) is 33.6 Å². The maximum Gasteiger partial charge on any atom is 0.0931 e. The summed E-state index contributed by atoms with van der Waals surface area (Å²) in [5.41, 5.74) is 7.05. The first-order valence-electron chi connectivity index (χ1n) is 7.55. The number of nitrogens with zero attached hydrogens (tertiary/aromatic N) is 2. The van der Waals surface area contributed by atoms with Crippen LogP contribution in [-0.4, -0.2) is 14.5 Å². The highest BCUT2D eigenvalue weighted by molar-refractivity contribution is 9.10. The van der Waals surface area contributed by atoms with Crippen LogP contribution in [0.2, 0.25) is 0 Å². The molecule has 0 radical (unpaired) electrons. The van der Waals surface area contributed by atoms with E-state index in [0.29, 0.717) is 0 Å². The maximum atomic E-state index is 4.35. The van der Waals surface area contributed by atoms with Crippen LogP contribution in [0.25, 0.3) is 22.3 Å². The van der Waals surface area contributed by atoms with Crippen LogP contribution in [0.3, 0.4) is 0 Å². The van der Waals surface area contributed by atoms with Crippen molar-refractivity contribution in [2.75, 3.05) is 0 Å². The van der Waals surface area contributed by atoms with Crippen molar-refractivity contribution in [3.8, 4) is 11.3 Å². The molecule has 4 aromatic rings. The molecule has 0 unspecified atom stereocenters. The fraction of sp³-hybridized carbons (Fsp3) is 0.105. The van der Waals surface area contributed by atoms with Crippen LogP contribution in [0.5, 0.6) is 0 Å². The maximum absolute atomic E-state index is 4.35. The number of benzene rings is 2. The predicted molar refractivity (Wildman–Crippen MR) is 97.5 cm³/mol. The minimum atomic E-state index is 0.840. The molecule has 0 aliphatic heterocycles. The minimum absolute atomic E-state index is 0.840. The Labute approximate surface area is 143 Å². The molecule has 114 valence electrons. The van der Waals surface area contributed by atoms with Crippen molar-refractivity contribution >= 4 is 27.0 Å². The van der Waals surface area contributed by atoms with Gasteiger partial charge in [0.2, 0.25) is 0 Å². The number of imidazole rings is 1. The van der Waals surface area contributed by atoms with E-state index in [1.54, 1.807) is 6.33 Å². The SMILES string of the molecule is Cc1ccc(-c2ccc(Br)cc2)n1Cc1ccc2[nH]cnc2c1. The van der Waals surface area contributed by atoms with Crippen molar-refractivity contribution in [1.82, 2.24) is 14.5 Å². The third-order valence-electron chi connectivity index (χ3n) is 4.17. The molecule has 1 N–H and O–H groups in total. The number of fused-ring (bicyclic) bond motifs is 1. The summed E-state index contributed by atoms with van der Waals surface area (Å²) in [6, 6.07) is 19.2. The lowest BCUT2D eigenvalue weighted by Gasteiger charge is -2.12. The first-order valence-corrected chi connectivity index (χ1v) is 8.34. The molecule has 0 aliphatic carbocycles. The normalized spacial score (nSPS) is 11.2. The zero-order chi connectivity index (χ0) is 15.8. The highest BCUT2D eigenvalue weighted by atomic mass is 79.9. The van der Waals surface area contributed by atoms with Gasteiger partial charge in [-0.2, -0.15) is 0 Å². The Balaban J connectivity index is 1.73. The quantitative estimate of drug-likeness (QED) is 0.535. The number of rotatable bonds is 3. The molecule has 4 heteroatoms. The van der Waals surface area contributed by atoms with Gasteiger partial charge in [-0.15, -0.1) is 0 Å². The molecular formula is C19H16BrN3. The largest absolute Gasteiger partial charge is 0.345 e. The molecule has 23 heavy (non-hydrogen) atoms. The van der Waals surface area contributed by atoms with Crippen LogP contribution in [0.4, 0.5) is 0 Å². The molecule has 2 heterocycles. The predicted octanol–water partition coefficient (Wildman–Crippen LogP) is 5.15. The van der Waals surface area contributed by atoms with E-state index >= 15 is 0 Å². The number of aryl methyl sites for hydroxylation is 1. The second kappa shape index (κ2) is 5.70. The Morgan fingerprint density at radius 2 is 1.87 bits per heavy atom. The van der Waals surface area contributed by atoms with Crippen molar-refractivity contribution in [1.29, 1.82) is 0 Å². The molecule has 0 spiro atoms. The van der Waals surface area contributed by atoms with Crippen LogP contribution in [0.1, 0.15) is 11.3 Å². The number of hydrogen-bond donors (Lipinski definition) is 1. The Hall–Kier alpha value is -2.33. The number of nitrogens with one attached hydrogen (secondary N) is 1. The van der Waals surface area contributed by atoms with E-state index in [4.69, 9.17) is 0 Å². The van der Waals surface area contributed by atoms with Gasteiger partial charge in [0.1, 0.15) is 0 Å². The van der Waals surface area contributed by atoms with Gasteiger partial charge in [0.15, 0.2) is 0 Å². The van der Waals surface area contributed by atoms with Gasteiger partial charge < -0.3 is 9.55 Å². The van der Waals surface area contributed by atoms with Gasteiger partial charge in [-0.25, -0.2) is 4.98 Å². The van der Waals surface area contributed by atoms with Crippen molar-refractivity contribution in [3.63, 3.8) is 0 Å². The van der Waals surface area contributed by atoms with E-state index in [1.807, 2.05) is 0 Å². The Morgan fingerprint density at radius 1 is 1.04 bits per heavy atom. The average molecular weight is 366 g/mol. The number of halogens is 1. The molecule has 2 aromatic heterocycles. The second-order valence-electron chi connectivity index (χ2n) is 5.71. The van der Waals surface area contributed by atoms with E-state index in [2.05, 4.69) is 92.0 Å². The first-order chi connectivity index (χ1) is 11.2. The van der Waals surface area contributed by atoms with Gasteiger partial charge in [0, 0.05) is 22.4 Å². The summed E-state index contributed by atoms with van der Waals surface area (Å²) >= 11 is 3.50. The molecule has 0 amide bonds. The number of aromatic amines is 1. The third-order valence-corrected chi connectivity index (χ3v) is 4.69.